The van der Waals surface area contributed by atoms with Gasteiger partial charge < -0.3 is 5.11 Å². The Morgan fingerprint density at radius 1 is 1.11 bits per heavy atom. The summed E-state index contributed by atoms with van der Waals surface area (Å²) in [5.74, 6) is -2.39. The molecule has 0 saturated heterocycles. The molecule has 0 aliphatic carbocycles. The van der Waals surface area contributed by atoms with E-state index in [2.05, 4.69) is 4.98 Å². The van der Waals surface area contributed by atoms with Crippen LogP contribution in [-0.4, -0.2) is 16.1 Å². The summed E-state index contributed by atoms with van der Waals surface area (Å²) < 4.78 is 13.3. The molecule has 0 unspecified atom stereocenters. The summed E-state index contributed by atoms with van der Waals surface area (Å²) in [7, 11) is 0. The molecular formula is C12H5Cl3FNO2. The maximum absolute atomic E-state index is 13.3. The number of hydrogen-bond acceptors (Lipinski definition) is 2. The summed E-state index contributed by atoms with van der Waals surface area (Å²) in [6.07, 6.45) is 0. The quantitative estimate of drug-likeness (QED) is 0.826. The van der Waals surface area contributed by atoms with Crippen molar-refractivity contribution in [3.8, 4) is 11.3 Å². The number of carboxylic acid groups (broad SMARTS) is 1. The van der Waals surface area contributed by atoms with Crippen LogP contribution in [0, 0.1) is 5.82 Å². The zero-order chi connectivity index (χ0) is 14.2. The van der Waals surface area contributed by atoms with Crippen molar-refractivity contribution in [2.45, 2.75) is 0 Å². The van der Waals surface area contributed by atoms with Gasteiger partial charge in [-0.2, -0.15) is 0 Å². The molecule has 98 valence electrons. The van der Waals surface area contributed by atoms with Crippen LogP contribution >= 0.6 is 34.8 Å². The highest BCUT2D eigenvalue weighted by Gasteiger charge is 2.16. The summed E-state index contributed by atoms with van der Waals surface area (Å²) in [6.45, 7) is 0. The predicted molar refractivity (Wildman–Crippen MR) is 71.6 cm³/mol. The molecule has 0 radical (unpaired) electrons. The third-order valence-electron chi connectivity index (χ3n) is 2.33. The van der Waals surface area contributed by atoms with Crippen molar-refractivity contribution in [1.82, 2.24) is 4.98 Å². The molecule has 1 aromatic heterocycles. The Bertz CT molecular complexity index is 676. The van der Waals surface area contributed by atoms with E-state index in [0.717, 1.165) is 6.07 Å². The molecule has 7 heteroatoms. The van der Waals surface area contributed by atoms with Crippen LogP contribution in [0.1, 0.15) is 10.5 Å². The van der Waals surface area contributed by atoms with E-state index in [1.54, 1.807) is 0 Å². The molecule has 0 amide bonds. The van der Waals surface area contributed by atoms with E-state index in [4.69, 9.17) is 39.9 Å². The molecule has 1 heterocycles. The molecule has 0 bridgehead atoms. The molecule has 0 aliphatic heterocycles. The number of nitrogens with zero attached hydrogens (tertiary/aromatic N) is 1. The maximum Gasteiger partial charge on any atom is 0.357 e. The van der Waals surface area contributed by atoms with Gasteiger partial charge in [0.05, 0.1) is 20.8 Å². The number of carbonyl (C=O) groups is 1. The second-order valence-corrected chi connectivity index (χ2v) is 4.80. The first-order valence-electron chi connectivity index (χ1n) is 4.95. The van der Waals surface area contributed by atoms with Crippen LogP contribution in [0.3, 0.4) is 0 Å². The predicted octanol–water partition coefficient (Wildman–Crippen LogP) is 4.55. The molecule has 1 N–H and O–H groups in total. The van der Waals surface area contributed by atoms with Crippen molar-refractivity contribution in [3.05, 3.63) is 50.8 Å². The number of pyridine rings is 1. The summed E-state index contributed by atoms with van der Waals surface area (Å²) in [5, 5.41) is 9.56. The van der Waals surface area contributed by atoms with Gasteiger partial charge >= 0.3 is 5.97 Å². The standard InChI is InChI=1S/C12H5Cl3FNO2/c13-6-4-8(15)7(14)3-5(6)10-2-1-9(16)11(17-10)12(18)19/h1-4H,(H,18,19). The smallest absolute Gasteiger partial charge is 0.357 e. The van der Waals surface area contributed by atoms with Crippen LogP contribution in [0.5, 0.6) is 0 Å². The van der Waals surface area contributed by atoms with Crippen LogP contribution in [-0.2, 0) is 0 Å². The second-order valence-electron chi connectivity index (χ2n) is 3.58. The van der Waals surface area contributed by atoms with Crippen LogP contribution in [0.4, 0.5) is 4.39 Å². The number of hydrogen-bond donors (Lipinski definition) is 1. The highest BCUT2D eigenvalue weighted by atomic mass is 35.5. The van der Waals surface area contributed by atoms with Crippen molar-refractivity contribution < 1.29 is 14.3 Å². The first-order valence-corrected chi connectivity index (χ1v) is 6.08. The maximum atomic E-state index is 13.3. The van der Waals surface area contributed by atoms with E-state index in [-0.39, 0.29) is 20.8 Å². The van der Waals surface area contributed by atoms with Crippen LogP contribution in [0.25, 0.3) is 11.3 Å². The first-order chi connectivity index (χ1) is 8.90. The Labute approximate surface area is 122 Å². The van der Waals surface area contributed by atoms with E-state index in [9.17, 15) is 9.18 Å². The fraction of sp³-hybridized carbons (Fsp3) is 0. The van der Waals surface area contributed by atoms with Gasteiger partial charge in [0.1, 0.15) is 0 Å². The lowest BCUT2D eigenvalue weighted by molar-refractivity contribution is 0.0685. The summed E-state index contributed by atoms with van der Waals surface area (Å²) in [4.78, 5) is 14.5. The van der Waals surface area contributed by atoms with Gasteiger partial charge in [0, 0.05) is 5.56 Å². The highest BCUT2D eigenvalue weighted by Crippen LogP contribution is 2.34. The van der Waals surface area contributed by atoms with E-state index in [0.29, 0.717) is 5.56 Å². The number of aromatic nitrogens is 1. The number of halogens is 4. The van der Waals surface area contributed by atoms with Gasteiger partial charge in [-0.1, -0.05) is 34.8 Å². The number of carboxylic acids is 1. The Hall–Kier alpha value is -1.36. The highest BCUT2D eigenvalue weighted by molar-refractivity contribution is 6.44. The van der Waals surface area contributed by atoms with E-state index in [1.165, 1.54) is 18.2 Å². The average Bonchev–Trinajstić information content (AvgIpc) is 2.34. The second kappa shape index (κ2) is 5.33. The number of rotatable bonds is 2. The SMILES string of the molecule is O=C(O)c1nc(-c2cc(Cl)c(Cl)cc2Cl)ccc1F. The van der Waals surface area contributed by atoms with Gasteiger partial charge in [-0.25, -0.2) is 14.2 Å². The molecule has 2 aromatic rings. The molecule has 0 spiro atoms. The number of benzene rings is 1. The lowest BCUT2D eigenvalue weighted by Crippen LogP contribution is -2.05. The molecule has 3 nitrogen and oxygen atoms in total. The lowest BCUT2D eigenvalue weighted by Gasteiger charge is -2.07. The van der Waals surface area contributed by atoms with Gasteiger partial charge in [0.15, 0.2) is 11.5 Å². The van der Waals surface area contributed by atoms with E-state index >= 15 is 0 Å². The van der Waals surface area contributed by atoms with Crippen molar-refractivity contribution in [1.29, 1.82) is 0 Å². The van der Waals surface area contributed by atoms with E-state index < -0.39 is 17.5 Å². The average molecular weight is 321 g/mol. The normalized spacial score (nSPS) is 10.5. The molecule has 0 fully saturated rings. The first kappa shape index (κ1) is 14.1. The van der Waals surface area contributed by atoms with Gasteiger partial charge in [0.2, 0.25) is 0 Å². The minimum atomic E-state index is -1.46. The van der Waals surface area contributed by atoms with Crippen molar-refractivity contribution in [3.63, 3.8) is 0 Å². The topological polar surface area (TPSA) is 50.2 Å². The summed E-state index contributed by atoms with van der Waals surface area (Å²) >= 11 is 17.6. The Balaban J connectivity index is 2.63. The van der Waals surface area contributed by atoms with Crippen LogP contribution < -0.4 is 0 Å². The van der Waals surface area contributed by atoms with Crippen LogP contribution in [0.15, 0.2) is 24.3 Å². The van der Waals surface area contributed by atoms with Gasteiger partial charge in [-0.3, -0.25) is 0 Å². The minimum absolute atomic E-state index is 0.197. The summed E-state index contributed by atoms with van der Waals surface area (Å²) in [5.41, 5.74) is -0.111. The van der Waals surface area contributed by atoms with Crippen molar-refractivity contribution >= 4 is 40.8 Å². The number of aromatic carboxylic acids is 1. The van der Waals surface area contributed by atoms with Crippen molar-refractivity contribution in [2.24, 2.45) is 0 Å². The Morgan fingerprint density at radius 3 is 2.37 bits per heavy atom. The molecule has 0 aliphatic rings. The van der Waals surface area contributed by atoms with Crippen LogP contribution in [0.2, 0.25) is 15.1 Å². The van der Waals surface area contributed by atoms with Gasteiger partial charge in [-0.15, -0.1) is 0 Å². The minimum Gasteiger partial charge on any atom is -0.476 e. The zero-order valence-corrected chi connectivity index (χ0v) is 11.4. The van der Waals surface area contributed by atoms with E-state index in [1.807, 2.05) is 0 Å². The largest absolute Gasteiger partial charge is 0.476 e. The van der Waals surface area contributed by atoms with Gasteiger partial charge in [-0.05, 0) is 24.3 Å². The summed E-state index contributed by atoms with van der Waals surface area (Å²) in [6, 6.07) is 5.17. The lowest BCUT2D eigenvalue weighted by atomic mass is 10.1. The third kappa shape index (κ3) is 2.81. The molecule has 2 rings (SSSR count). The third-order valence-corrected chi connectivity index (χ3v) is 3.37. The Morgan fingerprint density at radius 2 is 1.74 bits per heavy atom. The van der Waals surface area contributed by atoms with Gasteiger partial charge in [0.25, 0.3) is 0 Å². The molecule has 1 aromatic carbocycles. The molecule has 0 atom stereocenters. The molecule has 0 saturated carbocycles. The molecule has 19 heavy (non-hydrogen) atoms. The zero-order valence-electron chi connectivity index (χ0n) is 9.12. The monoisotopic (exact) mass is 319 g/mol. The fourth-order valence-electron chi connectivity index (χ4n) is 1.46. The Kier molecular flexibility index (Phi) is 3.94. The molecular weight excluding hydrogens is 315 g/mol. The van der Waals surface area contributed by atoms with Crippen molar-refractivity contribution in [2.75, 3.05) is 0 Å². The fourth-order valence-corrected chi connectivity index (χ4v) is 2.10.